The summed E-state index contributed by atoms with van der Waals surface area (Å²) in [5.41, 5.74) is 2.31. The van der Waals surface area contributed by atoms with E-state index in [1.807, 2.05) is 44.2 Å². The quantitative estimate of drug-likeness (QED) is 0.145. The Labute approximate surface area is 214 Å². The third kappa shape index (κ3) is 7.75. The minimum Gasteiger partial charge on any atom is -0.287 e. The number of nitrogens with zero attached hydrogens (tertiary/aromatic N) is 1. The lowest BCUT2D eigenvalue weighted by Gasteiger charge is -2.18. The predicted octanol–water partition coefficient (Wildman–Crippen LogP) is 8.74. The van der Waals surface area contributed by atoms with Gasteiger partial charge in [0.1, 0.15) is 0 Å². The van der Waals surface area contributed by atoms with Crippen LogP contribution in [0, 0.1) is 6.92 Å². The average molecular weight is 518 g/mol. The van der Waals surface area contributed by atoms with E-state index in [1.54, 1.807) is 17.8 Å². The van der Waals surface area contributed by atoms with Gasteiger partial charge in [0.25, 0.3) is 0 Å². The van der Waals surface area contributed by atoms with E-state index >= 15 is 0 Å². The molecule has 0 aliphatic rings. The smallest absolute Gasteiger partial charge is 0.287 e. The highest BCUT2D eigenvalue weighted by Crippen LogP contribution is 2.40. The predicted molar refractivity (Wildman–Crippen MR) is 136 cm³/mol. The number of rotatable bonds is 11. The monoisotopic (exact) mass is 517 g/mol. The van der Waals surface area contributed by atoms with Crippen molar-refractivity contribution in [3.8, 4) is 17.0 Å². The number of carbonyl (C=O) groups is 1. The molecule has 0 spiro atoms. The summed E-state index contributed by atoms with van der Waals surface area (Å²) in [5, 5.41) is 0.0629. The van der Waals surface area contributed by atoms with Gasteiger partial charge >= 0.3 is 12.1 Å². The van der Waals surface area contributed by atoms with Gasteiger partial charge in [0.05, 0.1) is 22.2 Å². The lowest BCUT2D eigenvalue weighted by Crippen LogP contribution is -2.07. The lowest BCUT2D eigenvalue weighted by molar-refractivity contribution is -0.214. The molecule has 3 rings (SSSR count). The van der Waals surface area contributed by atoms with Crippen LogP contribution in [-0.2, 0) is 15.9 Å². The SMILES string of the molecule is CCCCC(Sc1ccc(OOC(=O)CCC)c(C)c1)c1cccc(-c2ccc(C(F)(F)F)cc2)n1. The number of hydrogen-bond donors (Lipinski definition) is 0. The largest absolute Gasteiger partial charge is 0.416 e. The van der Waals surface area contributed by atoms with Crippen LogP contribution >= 0.6 is 11.8 Å². The van der Waals surface area contributed by atoms with Crippen molar-refractivity contribution < 1.29 is 27.7 Å². The molecule has 0 bridgehead atoms. The summed E-state index contributed by atoms with van der Waals surface area (Å²) in [5.74, 6) is 0.0744. The highest BCUT2D eigenvalue weighted by atomic mass is 32.2. The van der Waals surface area contributed by atoms with Gasteiger partial charge in [0.15, 0.2) is 5.75 Å². The highest BCUT2D eigenvalue weighted by molar-refractivity contribution is 7.99. The van der Waals surface area contributed by atoms with Gasteiger partial charge in [-0.15, -0.1) is 11.8 Å². The molecule has 0 aliphatic carbocycles. The second kappa shape index (κ2) is 12.8. The zero-order chi connectivity index (χ0) is 26.1. The summed E-state index contributed by atoms with van der Waals surface area (Å²) < 4.78 is 38.8. The maximum atomic E-state index is 12.9. The standard InChI is InChI=1S/C28H30F3NO3S/c1-4-6-11-26(36-22-16-17-25(19(3)18-22)34-35-27(33)8-5-2)24-10-7-9-23(32-24)20-12-14-21(15-13-20)28(29,30)31/h7,9-10,12-18,26H,4-6,8,11H2,1-3H3. The molecule has 2 aromatic carbocycles. The average Bonchev–Trinajstić information content (AvgIpc) is 2.86. The van der Waals surface area contributed by atoms with Crippen LogP contribution in [-0.4, -0.2) is 11.0 Å². The molecular formula is C28H30F3NO3S. The number of aromatic nitrogens is 1. The van der Waals surface area contributed by atoms with Gasteiger partial charge in [-0.2, -0.15) is 13.2 Å². The zero-order valence-corrected chi connectivity index (χ0v) is 21.4. The van der Waals surface area contributed by atoms with Crippen LogP contribution in [0.4, 0.5) is 13.2 Å². The summed E-state index contributed by atoms with van der Waals surface area (Å²) in [6, 6.07) is 16.4. The minimum absolute atomic E-state index is 0.0629. The van der Waals surface area contributed by atoms with E-state index in [2.05, 4.69) is 6.92 Å². The summed E-state index contributed by atoms with van der Waals surface area (Å²) in [4.78, 5) is 27.5. The van der Waals surface area contributed by atoms with Crippen LogP contribution < -0.4 is 4.89 Å². The number of thioether (sulfide) groups is 1. The van der Waals surface area contributed by atoms with Gasteiger partial charge in [0, 0.05) is 16.9 Å². The van der Waals surface area contributed by atoms with Crippen molar-refractivity contribution >= 4 is 17.7 Å². The topological polar surface area (TPSA) is 48.4 Å². The first-order chi connectivity index (χ1) is 17.2. The fourth-order valence-electron chi connectivity index (χ4n) is 3.57. The van der Waals surface area contributed by atoms with Gasteiger partial charge in [-0.05, 0) is 67.8 Å². The molecule has 4 nitrogen and oxygen atoms in total. The fraction of sp³-hybridized carbons (Fsp3) is 0.357. The van der Waals surface area contributed by atoms with Crippen LogP contribution in [0.2, 0.25) is 0 Å². The van der Waals surface area contributed by atoms with Gasteiger partial charge in [-0.1, -0.05) is 44.9 Å². The Bertz CT molecular complexity index is 1150. The molecule has 0 N–H and O–H groups in total. The Kier molecular flexibility index (Phi) is 9.81. The Morgan fingerprint density at radius 3 is 2.42 bits per heavy atom. The van der Waals surface area contributed by atoms with E-state index < -0.39 is 17.7 Å². The normalized spacial score (nSPS) is 12.3. The summed E-state index contributed by atoms with van der Waals surface area (Å²) in [6.45, 7) is 5.91. The van der Waals surface area contributed by atoms with Crippen molar-refractivity contribution in [3.05, 3.63) is 77.5 Å². The summed E-state index contributed by atoms with van der Waals surface area (Å²) in [7, 11) is 0. The molecule has 1 aromatic heterocycles. The Hall–Kier alpha value is -3.00. The van der Waals surface area contributed by atoms with Crippen molar-refractivity contribution in [2.45, 2.75) is 69.2 Å². The lowest BCUT2D eigenvalue weighted by atomic mass is 10.1. The van der Waals surface area contributed by atoms with Gasteiger partial charge < -0.3 is 0 Å². The Balaban J connectivity index is 1.78. The van der Waals surface area contributed by atoms with E-state index in [0.717, 1.165) is 47.5 Å². The van der Waals surface area contributed by atoms with Crippen molar-refractivity contribution in [3.63, 3.8) is 0 Å². The molecule has 0 aliphatic heterocycles. The number of aryl methyl sites for hydroxylation is 1. The summed E-state index contributed by atoms with van der Waals surface area (Å²) in [6.07, 6.45) is -0.446. The van der Waals surface area contributed by atoms with Gasteiger partial charge in [0.2, 0.25) is 0 Å². The molecule has 1 heterocycles. The maximum absolute atomic E-state index is 12.9. The molecule has 8 heteroatoms. The first-order valence-electron chi connectivity index (χ1n) is 12.0. The first kappa shape index (κ1) is 27.6. The van der Waals surface area contributed by atoms with E-state index in [0.29, 0.717) is 29.8 Å². The third-order valence-electron chi connectivity index (χ3n) is 5.53. The number of hydrogen-bond acceptors (Lipinski definition) is 5. The fourth-order valence-corrected chi connectivity index (χ4v) is 4.82. The third-order valence-corrected chi connectivity index (χ3v) is 6.82. The van der Waals surface area contributed by atoms with Crippen molar-refractivity contribution in [2.75, 3.05) is 0 Å². The summed E-state index contributed by atoms with van der Waals surface area (Å²) >= 11 is 1.67. The number of benzene rings is 2. The maximum Gasteiger partial charge on any atom is 0.416 e. The van der Waals surface area contributed by atoms with E-state index in [-0.39, 0.29) is 5.25 Å². The number of pyridine rings is 1. The van der Waals surface area contributed by atoms with Crippen molar-refractivity contribution in [2.24, 2.45) is 0 Å². The second-order valence-corrected chi connectivity index (χ2v) is 9.76. The minimum atomic E-state index is -4.37. The molecule has 3 aromatic rings. The van der Waals surface area contributed by atoms with Gasteiger partial charge in [-0.25, -0.2) is 4.79 Å². The first-order valence-corrected chi connectivity index (χ1v) is 12.9. The van der Waals surface area contributed by atoms with Crippen LogP contribution in [0.3, 0.4) is 0 Å². The number of unbranched alkanes of at least 4 members (excludes halogenated alkanes) is 1. The Morgan fingerprint density at radius 2 is 1.78 bits per heavy atom. The zero-order valence-electron chi connectivity index (χ0n) is 20.6. The van der Waals surface area contributed by atoms with Crippen molar-refractivity contribution in [1.29, 1.82) is 0 Å². The van der Waals surface area contributed by atoms with Gasteiger partial charge in [-0.3, -0.25) is 14.8 Å². The van der Waals surface area contributed by atoms with Crippen LogP contribution in [0.25, 0.3) is 11.3 Å². The van der Waals surface area contributed by atoms with Crippen molar-refractivity contribution in [1.82, 2.24) is 4.98 Å². The number of halogens is 3. The molecular weight excluding hydrogens is 487 g/mol. The molecule has 0 radical (unpaired) electrons. The molecule has 0 amide bonds. The van der Waals surface area contributed by atoms with Crippen LogP contribution in [0.5, 0.6) is 5.75 Å². The molecule has 36 heavy (non-hydrogen) atoms. The number of alkyl halides is 3. The van der Waals surface area contributed by atoms with Crippen LogP contribution in [0.1, 0.15) is 68.0 Å². The molecule has 192 valence electrons. The molecule has 0 saturated heterocycles. The van der Waals surface area contributed by atoms with E-state index in [1.165, 1.54) is 12.1 Å². The molecule has 1 unspecified atom stereocenters. The number of carbonyl (C=O) groups excluding carboxylic acids is 1. The van der Waals surface area contributed by atoms with E-state index in [4.69, 9.17) is 14.8 Å². The van der Waals surface area contributed by atoms with E-state index in [9.17, 15) is 18.0 Å². The second-order valence-electron chi connectivity index (χ2n) is 8.49. The molecule has 1 atom stereocenters. The van der Waals surface area contributed by atoms with Crippen LogP contribution in [0.15, 0.2) is 65.6 Å². The Morgan fingerprint density at radius 1 is 1.03 bits per heavy atom. The molecule has 0 fully saturated rings. The highest BCUT2D eigenvalue weighted by Gasteiger charge is 2.30. The molecule has 0 saturated carbocycles.